The third-order valence-corrected chi connectivity index (χ3v) is 9.00. The van der Waals surface area contributed by atoms with Gasteiger partial charge in [-0.05, 0) is 55.7 Å². The molecule has 192 valence electrons. The maximum absolute atomic E-state index is 13.7. The molecular weight excluding hydrogens is 482 g/mol. The van der Waals surface area contributed by atoms with Crippen LogP contribution in [0.1, 0.15) is 41.8 Å². The van der Waals surface area contributed by atoms with Crippen molar-refractivity contribution in [1.82, 2.24) is 15.5 Å². The highest BCUT2D eigenvalue weighted by molar-refractivity contribution is 7.20. The smallest absolute Gasteiger partial charge is 0.264 e. The van der Waals surface area contributed by atoms with Crippen molar-refractivity contribution < 1.29 is 29.0 Å². The standard InChI is InChI=1S/C26H31N3O6S/c1-35-20-6-3-7-21-17(20)11-22(36-21)26(34)29-12-15-4-2-5-16(15)23(29)25(33)28-18(19(31)13-30)10-14-8-9-27-24(14)32/h3,6-7,11,14-16,18,23,30H,2,4-5,8-10,12-13H2,1H3,(H,27,32)(H,28,33). The number of aliphatic hydroxyl groups excluding tert-OH is 1. The van der Waals surface area contributed by atoms with Crippen molar-refractivity contribution in [2.45, 2.75) is 44.2 Å². The number of nitrogens with one attached hydrogen (secondary N) is 2. The molecule has 3 heterocycles. The lowest BCUT2D eigenvalue weighted by atomic mass is 9.92. The summed E-state index contributed by atoms with van der Waals surface area (Å²) in [4.78, 5) is 54.1. The normalized spacial score (nSPS) is 26.1. The molecule has 0 radical (unpaired) electrons. The van der Waals surface area contributed by atoms with Crippen LogP contribution in [-0.4, -0.2) is 72.4 Å². The van der Waals surface area contributed by atoms with Gasteiger partial charge in [-0.3, -0.25) is 19.2 Å². The Bertz CT molecular complexity index is 1200. The summed E-state index contributed by atoms with van der Waals surface area (Å²) >= 11 is 1.37. The largest absolute Gasteiger partial charge is 0.496 e. The monoisotopic (exact) mass is 513 g/mol. The summed E-state index contributed by atoms with van der Waals surface area (Å²) in [5, 5.41) is 15.9. The van der Waals surface area contributed by atoms with Crippen LogP contribution in [0.5, 0.6) is 5.75 Å². The number of likely N-dealkylation sites (tertiary alicyclic amines) is 1. The van der Waals surface area contributed by atoms with E-state index in [-0.39, 0.29) is 41.9 Å². The number of rotatable bonds is 8. The molecule has 1 aromatic heterocycles. The number of ketones is 1. The Hall–Kier alpha value is -2.98. The molecule has 5 unspecified atom stereocenters. The SMILES string of the molecule is COc1cccc2sc(C(=O)N3CC4CCCC4C3C(=O)NC(CC3CCNC3=O)C(=O)CO)cc12. The van der Waals surface area contributed by atoms with E-state index in [9.17, 15) is 24.3 Å². The molecule has 36 heavy (non-hydrogen) atoms. The van der Waals surface area contributed by atoms with Gasteiger partial charge in [-0.1, -0.05) is 12.5 Å². The summed E-state index contributed by atoms with van der Waals surface area (Å²) in [6.07, 6.45) is 3.53. The van der Waals surface area contributed by atoms with Crippen LogP contribution in [-0.2, 0) is 14.4 Å². The van der Waals surface area contributed by atoms with E-state index in [1.807, 2.05) is 24.3 Å². The van der Waals surface area contributed by atoms with Crippen molar-refractivity contribution in [1.29, 1.82) is 0 Å². The van der Waals surface area contributed by atoms with Gasteiger partial charge in [0.25, 0.3) is 5.91 Å². The number of nitrogens with zero attached hydrogens (tertiary/aromatic N) is 1. The van der Waals surface area contributed by atoms with E-state index < -0.39 is 24.5 Å². The average Bonchev–Trinajstić information content (AvgIpc) is 3.66. The van der Waals surface area contributed by atoms with Crippen molar-refractivity contribution >= 4 is 44.9 Å². The number of ether oxygens (including phenoxy) is 1. The number of fused-ring (bicyclic) bond motifs is 2. The maximum Gasteiger partial charge on any atom is 0.264 e. The molecule has 3 fully saturated rings. The fourth-order valence-electron chi connectivity index (χ4n) is 6.10. The number of Topliss-reactive ketones (excluding diaryl/α,β-unsaturated/α-hetero) is 1. The predicted octanol–water partition coefficient (Wildman–Crippen LogP) is 1.72. The van der Waals surface area contributed by atoms with Crippen molar-refractivity contribution in [3.63, 3.8) is 0 Å². The summed E-state index contributed by atoms with van der Waals surface area (Å²) in [7, 11) is 1.59. The van der Waals surface area contributed by atoms with Gasteiger partial charge in [-0.15, -0.1) is 11.3 Å². The second-order valence-electron chi connectivity index (χ2n) is 9.94. The summed E-state index contributed by atoms with van der Waals surface area (Å²) < 4.78 is 6.37. The minimum Gasteiger partial charge on any atom is -0.496 e. The number of hydrogen-bond acceptors (Lipinski definition) is 7. The van der Waals surface area contributed by atoms with E-state index in [1.54, 1.807) is 12.0 Å². The third kappa shape index (κ3) is 4.48. The Labute approximate surface area is 213 Å². The molecule has 2 aromatic rings. The van der Waals surface area contributed by atoms with Gasteiger partial charge in [0.2, 0.25) is 11.8 Å². The van der Waals surface area contributed by atoms with E-state index in [0.717, 1.165) is 29.3 Å². The van der Waals surface area contributed by atoms with Crippen LogP contribution < -0.4 is 15.4 Å². The Kier molecular flexibility index (Phi) is 6.98. The molecule has 2 aliphatic heterocycles. The Balaban J connectivity index is 1.39. The number of carbonyl (C=O) groups excluding carboxylic acids is 4. The maximum atomic E-state index is 13.7. The molecule has 1 aliphatic carbocycles. The molecule has 0 bridgehead atoms. The van der Waals surface area contributed by atoms with Crippen LogP contribution in [0.15, 0.2) is 24.3 Å². The topological polar surface area (TPSA) is 125 Å². The van der Waals surface area contributed by atoms with Crippen LogP contribution in [0, 0.1) is 17.8 Å². The number of carbonyl (C=O) groups is 4. The van der Waals surface area contributed by atoms with E-state index >= 15 is 0 Å². The van der Waals surface area contributed by atoms with Crippen molar-refractivity contribution in [3.8, 4) is 5.75 Å². The zero-order valence-electron chi connectivity index (χ0n) is 20.2. The molecule has 3 aliphatic rings. The van der Waals surface area contributed by atoms with Crippen molar-refractivity contribution in [2.75, 3.05) is 26.8 Å². The fraction of sp³-hybridized carbons (Fsp3) is 0.538. The lowest BCUT2D eigenvalue weighted by Gasteiger charge is -2.29. The van der Waals surface area contributed by atoms with E-state index in [2.05, 4.69) is 10.6 Å². The number of methoxy groups -OCH3 is 1. The van der Waals surface area contributed by atoms with E-state index in [0.29, 0.717) is 30.1 Å². The Morgan fingerprint density at radius 3 is 2.83 bits per heavy atom. The van der Waals surface area contributed by atoms with Crippen LogP contribution in [0.25, 0.3) is 10.1 Å². The van der Waals surface area contributed by atoms with Crippen LogP contribution in [0.3, 0.4) is 0 Å². The molecule has 5 rings (SSSR count). The molecule has 0 spiro atoms. The number of thiophene rings is 1. The highest BCUT2D eigenvalue weighted by Crippen LogP contribution is 2.44. The van der Waals surface area contributed by atoms with Gasteiger partial charge in [0.1, 0.15) is 18.4 Å². The molecule has 2 saturated heterocycles. The van der Waals surface area contributed by atoms with Crippen molar-refractivity contribution in [2.24, 2.45) is 17.8 Å². The highest BCUT2D eigenvalue weighted by Gasteiger charge is 2.50. The van der Waals surface area contributed by atoms with Crippen LogP contribution >= 0.6 is 11.3 Å². The van der Waals surface area contributed by atoms with Gasteiger partial charge in [0.15, 0.2) is 5.78 Å². The van der Waals surface area contributed by atoms with Gasteiger partial charge in [-0.2, -0.15) is 0 Å². The highest BCUT2D eigenvalue weighted by atomic mass is 32.1. The molecule has 3 amide bonds. The van der Waals surface area contributed by atoms with Crippen LogP contribution in [0.2, 0.25) is 0 Å². The van der Waals surface area contributed by atoms with Gasteiger partial charge in [0.05, 0.1) is 18.0 Å². The molecule has 9 nitrogen and oxygen atoms in total. The minimum atomic E-state index is -0.970. The Morgan fingerprint density at radius 2 is 2.11 bits per heavy atom. The first-order valence-electron chi connectivity index (χ1n) is 12.5. The zero-order valence-corrected chi connectivity index (χ0v) is 21.0. The summed E-state index contributed by atoms with van der Waals surface area (Å²) in [6.45, 7) is 0.310. The van der Waals surface area contributed by atoms with Gasteiger partial charge in [-0.25, -0.2) is 0 Å². The minimum absolute atomic E-state index is 0.0255. The molecule has 5 atom stereocenters. The summed E-state index contributed by atoms with van der Waals surface area (Å²) in [6, 6.07) is 5.83. The number of amides is 3. The quantitative estimate of drug-likeness (QED) is 0.494. The number of hydrogen-bond donors (Lipinski definition) is 3. The molecule has 1 saturated carbocycles. The lowest BCUT2D eigenvalue weighted by molar-refractivity contribution is -0.133. The van der Waals surface area contributed by atoms with Gasteiger partial charge < -0.3 is 25.4 Å². The Morgan fingerprint density at radius 1 is 1.28 bits per heavy atom. The lowest BCUT2D eigenvalue weighted by Crippen LogP contribution is -2.53. The average molecular weight is 514 g/mol. The van der Waals surface area contributed by atoms with Crippen molar-refractivity contribution in [3.05, 3.63) is 29.1 Å². The number of benzene rings is 1. The van der Waals surface area contributed by atoms with E-state index in [1.165, 1.54) is 11.3 Å². The zero-order chi connectivity index (χ0) is 25.4. The molecule has 1 aromatic carbocycles. The molecular formula is C26H31N3O6S. The number of aliphatic hydroxyl groups is 1. The van der Waals surface area contributed by atoms with Gasteiger partial charge >= 0.3 is 0 Å². The first-order valence-corrected chi connectivity index (χ1v) is 13.3. The second-order valence-corrected chi connectivity index (χ2v) is 11.0. The first kappa shape index (κ1) is 24.7. The van der Waals surface area contributed by atoms with E-state index in [4.69, 9.17) is 4.74 Å². The van der Waals surface area contributed by atoms with Crippen LogP contribution in [0.4, 0.5) is 0 Å². The molecule has 3 N–H and O–H groups in total. The van der Waals surface area contributed by atoms with Gasteiger partial charge in [0, 0.05) is 29.1 Å². The predicted molar refractivity (Wildman–Crippen MR) is 134 cm³/mol. The summed E-state index contributed by atoms with van der Waals surface area (Å²) in [5.41, 5.74) is 0. The second kappa shape index (κ2) is 10.2. The molecule has 10 heteroatoms. The third-order valence-electron chi connectivity index (χ3n) is 7.92. The first-order chi connectivity index (χ1) is 17.4. The fourth-order valence-corrected chi connectivity index (χ4v) is 7.14. The summed E-state index contributed by atoms with van der Waals surface area (Å²) in [5.74, 6) is -0.697.